The molecule has 0 saturated carbocycles. The maximum absolute atomic E-state index is 2.78. The van der Waals surface area contributed by atoms with Crippen LogP contribution in [0.4, 0.5) is 0 Å². The number of rotatable bonds is 2. The average molecular weight is 280 g/mol. The summed E-state index contributed by atoms with van der Waals surface area (Å²) in [5.41, 5.74) is 0. The second-order valence-corrected chi connectivity index (χ2v) is 7.14. The fourth-order valence-corrected chi connectivity index (χ4v) is 4.19. The quantitative estimate of drug-likeness (QED) is 0.741. The van der Waals surface area contributed by atoms with Crippen LogP contribution >= 0.6 is 0 Å². The molecule has 20 heavy (non-hydrogen) atoms. The number of piperidine rings is 2. The summed E-state index contributed by atoms with van der Waals surface area (Å²) < 4.78 is 0. The van der Waals surface area contributed by atoms with Crippen LogP contribution in [0.3, 0.4) is 0 Å². The molecule has 3 aliphatic heterocycles. The molecule has 3 aliphatic rings. The Hall–Kier alpha value is -0.160. The van der Waals surface area contributed by atoms with Gasteiger partial charge < -0.3 is 9.80 Å². The van der Waals surface area contributed by atoms with E-state index in [1.165, 1.54) is 78.0 Å². The Labute approximate surface area is 124 Å². The molecule has 0 atom stereocenters. The van der Waals surface area contributed by atoms with Gasteiger partial charge in [-0.15, -0.1) is 0 Å². The monoisotopic (exact) mass is 280 g/mol. The third-order valence-electron chi connectivity index (χ3n) is 5.76. The lowest BCUT2D eigenvalue weighted by Crippen LogP contribution is -2.56. The molecule has 0 amide bonds. The number of likely N-dealkylation sites (tertiary alicyclic amines) is 2. The van der Waals surface area contributed by atoms with E-state index in [4.69, 9.17) is 0 Å². The van der Waals surface area contributed by atoms with E-state index in [9.17, 15) is 0 Å². The lowest BCUT2D eigenvalue weighted by Gasteiger charge is -2.45. The average Bonchev–Trinajstić information content (AvgIpc) is 2.49. The van der Waals surface area contributed by atoms with Crippen molar-refractivity contribution in [3.05, 3.63) is 0 Å². The van der Waals surface area contributed by atoms with Gasteiger partial charge in [0.05, 0.1) is 0 Å². The minimum Gasteiger partial charge on any atom is -0.306 e. The maximum atomic E-state index is 2.78. The van der Waals surface area contributed by atoms with E-state index >= 15 is 0 Å². The standard InChI is InChI=1S/C16H32N4/c1-17-7-3-15(4-8-17)19-11-13-20(14-12-19)16-5-9-18(2)10-6-16/h15-16H,3-14H2,1-2H3. The van der Waals surface area contributed by atoms with Crippen molar-refractivity contribution in [1.29, 1.82) is 0 Å². The van der Waals surface area contributed by atoms with Gasteiger partial charge in [0.2, 0.25) is 0 Å². The molecular weight excluding hydrogens is 248 g/mol. The summed E-state index contributed by atoms with van der Waals surface area (Å²) in [4.78, 5) is 10.5. The van der Waals surface area contributed by atoms with E-state index in [2.05, 4.69) is 33.7 Å². The van der Waals surface area contributed by atoms with Crippen LogP contribution in [0.1, 0.15) is 25.7 Å². The summed E-state index contributed by atoms with van der Waals surface area (Å²) in [5, 5.41) is 0. The lowest BCUT2D eigenvalue weighted by atomic mass is 10.0. The van der Waals surface area contributed by atoms with Gasteiger partial charge in [-0.05, 0) is 66.0 Å². The molecule has 116 valence electrons. The Bertz CT molecular complexity index is 255. The second-order valence-electron chi connectivity index (χ2n) is 7.14. The van der Waals surface area contributed by atoms with Crippen molar-refractivity contribution < 1.29 is 0 Å². The SMILES string of the molecule is CN1CCC(N2CCN(C3CCN(C)CC3)CC2)CC1. The Morgan fingerprint density at radius 2 is 0.800 bits per heavy atom. The van der Waals surface area contributed by atoms with Crippen LogP contribution in [0.15, 0.2) is 0 Å². The lowest BCUT2D eigenvalue weighted by molar-refractivity contribution is 0.0311. The smallest absolute Gasteiger partial charge is 0.0121 e. The number of nitrogens with zero attached hydrogens (tertiary/aromatic N) is 4. The van der Waals surface area contributed by atoms with Crippen LogP contribution in [-0.2, 0) is 0 Å². The van der Waals surface area contributed by atoms with E-state index in [0.29, 0.717) is 0 Å². The van der Waals surface area contributed by atoms with Crippen LogP contribution in [0.25, 0.3) is 0 Å². The molecule has 0 spiro atoms. The van der Waals surface area contributed by atoms with E-state index in [1.807, 2.05) is 0 Å². The molecular formula is C16H32N4. The molecule has 3 saturated heterocycles. The zero-order chi connectivity index (χ0) is 13.9. The first-order valence-corrected chi connectivity index (χ1v) is 8.57. The predicted octanol–water partition coefficient (Wildman–Crippen LogP) is 0.792. The van der Waals surface area contributed by atoms with Crippen LogP contribution < -0.4 is 0 Å². The highest BCUT2D eigenvalue weighted by molar-refractivity contribution is 4.86. The van der Waals surface area contributed by atoms with Crippen molar-refractivity contribution in [2.75, 3.05) is 66.5 Å². The first-order valence-electron chi connectivity index (χ1n) is 8.57. The Balaban J connectivity index is 1.42. The van der Waals surface area contributed by atoms with E-state index in [0.717, 1.165) is 12.1 Å². The van der Waals surface area contributed by atoms with Crippen molar-refractivity contribution >= 4 is 0 Å². The predicted molar refractivity (Wildman–Crippen MR) is 84.2 cm³/mol. The third-order valence-corrected chi connectivity index (χ3v) is 5.76. The summed E-state index contributed by atoms with van der Waals surface area (Å²) in [6, 6.07) is 1.73. The zero-order valence-electron chi connectivity index (χ0n) is 13.4. The van der Waals surface area contributed by atoms with Crippen molar-refractivity contribution in [2.24, 2.45) is 0 Å². The fraction of sp³-hybridized carbons (Fsp3) is 1.00. The molecule has 0 N–H and O–H groups in total. The van der Waals surface area contributed by atoms with Crippen LogP contribution in [0, 0.1) is 0 Å². The topological polar surface area (TPSA) is 13.0 Å². The molecule has 0 aliphatic carbocycles. The molecule has 3 fully saturated rings. The Morgan fingerprint density at radius 1 is 0.500 bits per heavy atom. The zero-order valence-corrected chi connectivity index (χ0v) is 13.4. The van der Waals surface area contributed by atoms with Gasteiger partial charge >= 0.3 is 0 Å². The van der Waals surface area contributed by atoms with Crippen LogP contribution in [-0.4, -0.2) is 98.1 Å². The van der Waals surface area contributed by atoms with Gasteiger partial charge in [0.15, 0.2) is 0 Å². The van der Waals surface area contributed by atoms with Gasteiger partial charge in [-0.2, -0.15) is 0 Å². The summed E-state index contributed by atoms with van der Waals surface area (Å²) in [6.45, 7) is 10.4. The first kappa shape index (κ1) is 14.8. The van der Waals surface area contributed by atoms with Gasteiger partial charge in [-0.1, -0.05) is 0 Å². The maximum Gasteiger partial charge on any atom is 0.0121 e. The molecule has 0 radical (unpaired) electrons. The Morgan fingerprint density at radius 3 is 1.10 bits per heavy atom. The summed E-state index contributed by atoms with van der Waals surface area (Å²) in [5.74, 6) is 0. The van der Waals surface area contributed by atoms with Gasteiger partial charge in [-0.25, -0.2) is 0 Å². The van der Waals surface area contributed by atoms with Crippen LogP contribution in [0.2, 0.25) is 0 Å². The molecule has 0 aromatic rings. The molecule has 4 nitrogen and oxygen atoms in total. The van der Waals surface area contributed by atoms with Gasteiger partial charge in [0.25, 0.3) is 0 Å². The normalized spacial score (nSPS) is 30.9. The highest BCUT2D eigenvalue weighted by Gasteiger charge is 2.30. The van der Waals surface area contributed by atoms with Gasteiger partial charge in [0, 0.05) is 38.3 Å². The number of hydrogen-bond donors (Lipinski definition) is 0. The highest BCUT2D eigenvalue weighted by atomic mass is 15.3. The molecule has 0 aromatic carbocycles. The highest BCUT2D eigenvalue weighted by Crippen LogP contribution is 2.21. The summed E-state index contributed by atoms with van der Waals surface area (Å²) in [7, 11) is 4.52. The molecule has 0 aromatic heterocycles. The van der Waals surface area contributed by atoms with Crippen molar-refractivity contribution in [2.45, 2.75) is 37.8 Å². The molecule has 0 bridgehead atoms. The minimum absolute atomic E-state index is 0.867. The number of hydrogen-bond acceptors (Lipinski definition) is 4. The minimum atomic E-state index is 0.867. The van der Waals surface area contributed by atoms with E-state index < -0.39 is 0 Å². The van der Waals surface area contributed by atoms with Crippen LogP contribution in [0.5, 0.6) is 0 Å². The summed E-state index contributed by atoms with van der Waals surface area (Å²) >= 11 is 0. The summed E-state index contributed by atoms with van der Waals surface area (Å²) in [6.07, 6.45) is 5.52. The molecule has 4 heteroatoms. The van der Waals surface area contributed by atoms with Gasteiger partial charge in [0.1, 0.15) is 0 Å². The van der Waals surface area contributed by atoms with Crippen molar-refractivity contribution in [3.8, 4) is 0 Å². The second kappa shape index (κ2) is 6.73. The van der Waals surface area contributed by atoms with Gasteiger partial charge in [-0.3, -0.25) is 9.80 Å². The molecule has 0 unspecified atom stereocenters. The van der Waals surface area contributed by atoms with E-state index in [-0.39, 0.29) is 0 Å². The molecule has 3 heterocycles. The van der Waals surface area contributed by atoms with Crippen molar-refractivity contribution in [1.82, 2.24) is 19.6 Å². The first-order chi connectivity index (χ1) is 9.72. The van der Waals surface area contributed by atoms with Crippen molar-refractivity contribution in [3.63, 3.8) is 0 Å². The third kappa shape index (κ3) is 3.53. The molecule has 3 rings (SSSR count). The largest absolute Gasteiger partial charge is 0.306 e. The number of piperazine rings is 1. The van der Waals surface area contributed by atoms with E-state index in [1.54, 1.807) is 0 Å². The fourth-order valence-electron chi connectivity index (χ4n) is 4.19. The Kier molecular flexibility index (Phi) is 4.97.